The number of nitro benzene ring substituents is 1. The Morgan fingerprint density at radius 3 is 2.50 bits per heavy atom. The average Bonchev–Trinajstić information content (AvgIpc) is 2.57. The van der Waals surface area contributed by atoms with E-state index < -0.39 is 4.92 Å². The van der Waals surface area contributed by atoms with Gasteiger partial charge in [-0.1, -0.05) is 11.6 Å². The molecule has 1 unspecified atom stereocenters. The van der Waals surface area contributed by atoms with Crippen molar-refractivity contribution in [3.63, 3.8) is 0 Å². The largest absolute Gasteiger partial charge is 0.497 e. The van der Waals surface area contributed by atoms with E-state index in [9.17, 15) is 14.9 Å². The van der Waals surface area contributed by atoms with Gasteiger partial charge < -0.3 is 10.1 Å². The molecule has 8 heteroatoms. The van der Waals surface area contributed by atoms with Gasteiger partial charge in [-0.25, -0.2) is 0 Å². The highest BCUT2D eigenvalue weighted by Crippen LogP contribution is 2.29. The number of benzene rings is 2. The first-order valence-electron chi connectivity index (χ1n) is 6.96. The minimum Gasteiger partial charge on any atom is -0.497 e. The second kappa shape index (κ2) is 8.03. The molecule has 0 saturated carbocycles. The van der Waals surface area contributed by atoms with Crippen LogP contribution < -0.4 is 10.1 Å². The van der Waals surface area contributed by atoms with Gasteiger partial charge in [0.1, 0.15) is 5.75 Å². The zero-order chi connectivity index (χ0) is 17.7. The lowest BCUT2D eigenvalue weighted by Gasteiger charge is -2.13. The SMILES string of the molecule is COc1ccc(SC(C)C(=O)Nc2ccc([N+](=O)[O-])cc2Cl)cc1. The first-order chi connectivity index (χ1) is 11.4. The van der Waals surface area contributed by atoms with Crippen molar-refractivity contribution in [3.8, 4) is 5.75 Å². The third-order valence-corrected chi connectivity index (χ3v) is 4.59. The lowest BCUT2D eigenvalue weighted by atomic mass is 10.2. The number of nitro groups is 1. The zero-order valence-electron chi connectivity index (χ0n) is 13.0. The van der Waals surface area contributed by atoms with Crippen LogP contribution in [0.2, 0.25) is 5.02 Å². The van der Waals surface area contributed by atoms with E-state index in [0.717, 1.165) is 10.6 Å². The molecular weight excluding hydrogens is 352 g/mol. The number of hydrogen-bond acceptors (Lipinski definition) is 5. The smallest absolute Gasteiger partial charge is 0.271 e. The van der Waals surface area contributed by atoms with E-state index in [-0.39, 0.29) is 21.9 Å². The Hall–Kier alpha value is -2.25. The van der Waals surface area contributed by atoms with Crippen LogP contribution >= 0.6 is 23.4 Å². The predicted molar refractivity (Wildman–Crippen MR) is 95.0 cm³/mol. The van der Waals surface area contributed by atoms with Crippen LogP contribution in [0.25, 0.3) is 0 Å². The van der Waals surface area contributed by atoms with Crippen molar-refractivity contribution < 1.29 is 14.5 Å². The van der Waals surface area contributed by atoms with Crippen molar-refractivity contribution in [2.45, 2.75) is 17.1 Å². The van der Waals surface area contributed by atoms with Crippen LogP contribution in [0.5, 0.6) is 5.75 Å². The minimum atomic E-state index is -0.542. The molecular formula is C16H15ClN2O4S. The predicted octanol–water partition coefficient (Wildman–Crippen LogP) is 4.38. The van der Waals surface area contributed by atoms with E-state index in [1.165, 1.54) is 30.0 Å². The molecule has 0 fully saturated rings. The molecule has 0 saturated heterocycles. The van der Waals surface area contributed by atoms with Gasteiger partial charge in [0.2, 0.25) is 5.91 Å². The molecule has 0 spiro atoms. The highest BCUT2D eigenvalue weighted by Gasteiger charge is 2.17. The van der Waals surface area contributed by atoms with Gasteiger partial charge in [-0.05, 0) is 37.3 Å². The van der Waals surface area contributed by atoms with Crippen molar-refractivity contribution in [2.75, 3.05) is 12.4 Å². The normalized spacial score (nSPS) is 11.6. The zero-order valence-corrected chi connectivity index (χ0v) is 14.6. The Balaban J connectivity index is 2.01. The Kier molecular flexibility index (Phi) is 6.05. The van der Waals surface area contributed by atoms with Crippen LogP contribution in [-0.2, 0) is 4.79 Å². The molecule has 126 valence electrons. The molecule has 0 radical (unpaired) electrons. The van der Waals surface area contributed by atoms with Gasteiger partial charge in [-0.15, -0.1) is 11.8 Å². The fourth-order valence-corrected chi connectivity index (χ4v) is 2.95. The monoisotopic (exact) mass is 366 g/mol. The summed E-state index contributed by atoms with van der Waals surface area (Å²) in [6.45, 7) is 1.77. The van der Waals surface area contributed by atoms with E-state index in [1.54, 1.807) is 14.0 Å². The number of nitrogens with zero attached hydrogens (tertiary/aromatic N) is 1. The average molecular weight is 367 g/mol. The number of methoxy groups -OCH3 is 1. The maximum atomic E-state index is 12.3. The highest BCUT2D eigenvalue weighted by molar-refractivity contribution is 8.00. The number of halogens is 1. The Bertz CT molecular complexity index is 752. The maximum absolute atomic E-state index is 12.3. The van der Waals surface area contributed by atoms with Gasteiger partial charge in [-0.3, -0.25) is 14.9 Å². The number of ether oxygens (including phenoxy) is 1. The minimum absolute atomic E-state index is 0.124. The van der Waals surface area contributed by atoms with Gasteiger partial charge in [0.05, 0.1) is 28.0 Å². The Morgan fingerprint density at radius 2 is 1.96 bits per heavy atom. The second-order valence-corrected chi connectivity index (χ2v) is 6.67. The number of hydrogen-bond donors (Lipinski definition) is 1. The maximum Gasteiger partial charge on any atom is 0.271 e. The summed E-state index contributed by atoms with van der Waals surface area (Å²) in [5.74, 6) is 0.501. The summed E-state index contributed by atoms with van der Waals surface area (Å²) in [5.41, 5.74) is 0.216. The summed E-state index contributed by atoms with van der Waals surface area (Å²) in [6.07, 6.45) is 0. The van der Waals surface area contributed by atoms with Crippen LogP contribution in [0.1, 0.15) is 6.92 Å². The fraction of sp³-hybridized carbons (Fsp3) is 0.188. The molecule has 0 aromatic heterocycles. The van der Waals surface area contributed by atoms with E-state index in [4.69, 9.17) is 16.3 Å². The number of nitrogens with one attached hydrogen (secondary N) is 1. The molecule has 6 nitrogen and oxygen atoms in total. The summed E-state index contributed by atoms with van der Waals surface area (Å²) in [5, 5.41) is 13.1. The summed E-state index contributed by atoms with van der Waals surface area (Å²) in [7, 11) is 1.59. The summed E-state index contributed by atoms with van der Waals surface area (Å²) >= 11 is 7.36. The van der Waals surface area contributed by atoms with E-state index in [2.05, 4.69) is 5.32 Å². The number of carbonyl (C=O) groups is 1. The molecule has 2 aromatic carbocycles. The van der Waals surface area contributed by atoms with Crippen molar-refractivity contribution in [3.05, 3.63) is 57.6 Å². The van der Waals surface area contributed by atoms with E-state index in [1.807, 2.05) is 24.3 Å². The molecule has 2 aromatic rings. The lowest BCUT2D eigenvalue weighted by molar-refractivity contribution is -0.384. The Labute approximate surface area is 148 Å². The van der Waals surface area contributed by atoms with Crippen LogP contribution in [0.3, 0.4) is 0 Å². The van der Waals surface area contributed by atoms with Crippen LogP contribution in [0, 0.1) is 10.1 Å². The van der Waals surface area contributed by atoms with Crippen molar-refractivity contribution >= 4 is 40.6 Å². The molecule has 1 atom stereocenters. The quantitative estimate of drug-likeness (QED) is 0.466. The third kappa shape index (κ3) is 4.62. The molecule has 0 aliphatic carbocycles. The molecule has 24 heavy (non-hydrogen) atoms. The van der Waals surface area contributed by atoms with Gasteiger partial charge in [0.25, 0.3) is 5.69 Å². The molecule has 2 rings (SSSR count). The summed E-state index contributed by atoms with van der Waals surface area (Å²) in [4.78, 5) is 23.3. The van der Waals surface area contributed by atoms with Crippen molar-refractivity contribution in [2.24, 2.45) is 0 Å². The number of non-ortho nitro benzene ring substituents is 1. The highest BCUT2D eigenvalue weighted by atomic mass is 35.5. The standard InChI is InChI=1S/C16H15ClN2O4S/c1-10(24-13-6-4-12(23-2)5-7-13)16(20)18-15-8-3-11(19(21)22)9-14(15)17/h3-10H,1-2H3,(H,18,20). The van der Waals surface area contributed by atoms with Crippen LogP contribution in [0.15, 0.2) is 47.4 Å². The first-order valence-corrected chi connectivity index (χ1v) is 8.22. The van der Waals surface area contributed by atoms with Crippen LogP contribution in [-0.4, -0.2) is 23.2 Å². The van der Waals surface area contributed by atoms with Gasteiger partial charge in [-0.2, -0.15) is 0 Å². The second-order valence-electron chi connectivity index (χ2n) is 4.85. The molecule has 0 bridgehead atoms. The molecule has 0 heterocycles. The topological polar surface area (TPSA) is 81.5 Å². The van der Waals surface area contributed by atoms with Crippen molar-refractivity contribution in [1.82, 2.24) is 0 Å². The number of amides is 1. The molecule has 0 aliphatic heterocycles. The summed E-state index contributed by atoms with van der Waals surface area (Å²) in [6, 6.07) is 11.3. The third-order valence-electron chi connectivity index (χ3n) is 3.16. The molecule has 1 N–H and O–H groups in total. The van der Waals surface area contributed by atoms with Gasteiger partial charge in [0.15, 0.2) is 0 Å². The van der Waals surface area contributed by atoms with Crippen LogP contribution in [0.4, 0.5) is 11.4 Å². The number of anilines is 1. The number of thioether (sulfide) groups is 1. The van der Waals surface area contributed by atoms with Gasteiger partial charge in [0, 0.05) is 17.0 Å². The Morgan fingerprint density at radius 1 is 1.29 bits per heavy atom. The first kappa shape index (κ1) is 18.1. The number of carbonyl (C=O) groups excluding carboxylic acids is 1. The fourth-order valence-electron chi connectivity index (χ4n) is 1.87. The number of rotatable bonds is 6. The summed E-state index contributed by atoms with van der Waals surface area (Å²) < 4.78 is 5.09. The lowest BCUT2D eigenvalue weighted by Crippen LogP contribution is -2.22. The van der Waals surface area contributed by atoms with Crippen molar-refractivity contribution in [1.29, 1.82) is 0 Å². The molecule has 1 amide bonds. The van der Waals surface area contributed by atoms with E-state index >= 15 is 0 Å². The van der Waals surface area contributed by atoms with Gasteiger partial charge >= 0.3 is 0 Å². The molecule has 0 aliphatic rings. The van der Waals surface area contributed by atoms with E-state index in [0.29, 0.717) is 5.69 Å².